The maximum absolute atomic E-state index is 12.8. The molecule has 2 N–H and O–H groups in total. The number of carbonyl (C=O) groups excluding carboxylic acids is 2. The van der Waals surface area contributed by atoms with Gasteiger partial charge in [0.2, 0.25) is 5.91 Å². The minimum Gasteiger partial charge on any atom is -0.367 e. The van der Waals surface area contributed by atoms with Gasteiger partial charge in [0.25, 0.3) is 5.91 Å². The Morgan fingerprint density at radius 3 is 3.07 bits per heavy atom. The molecule has 2 atom stereocenters. The predicted octanol–water partition coefficient (Wildman–Crippen LogP) is 2.29. The average Bonchev–Trinajstić information content (AvgIpc) is 2.91. The van der Waals surface area contributed by atoms with E-state index in [1.807, 2.05) is 11.0 Å². The molecule has 0 aromatic rings. The highest BCUT2D eigenvalue weighted by Crippen LogP contribution is 2.31. The highest BCUT2D eigenvalue weighted by Gasteiger charge is 2.26. The minimum atomic E-state index is -0.471. The lowest BCUT2D eigenvalue weighted by atomic mass is 10.0. The van der Waals surface area contributed by atoms with Crippen molar-refractivity contribution in [3.63, 3.8) is 0 Å². The van der Waals surface area contributed by atoms with Crippen LogP contribution >= 0.6 is 0 Å². The smallest absolute Gasteiger partial charge is 0.250 e. The molecule has 0 bridgehead atoms. The first kappa shape index (κ1) is 20.8. The van der Waals surface area contributed by atoms with E-state index in [-0.39, 0.29) is 17.9 Å². The van der Waals surface area contributed by atoms with Crippen LogP contribution in [0.2, 0.25) is 0 Å². The van der Waals surface area contributed by atoms with Crippen molar-refractivity contribution in [3.8, 4) is 0 Å². The van der Waals surface area contributed by atoms with Crippen LogP contribution in [0.25, 0.3) is 0 Å². The van der Waals surface area contributed by atoms with Crippen LogP contribution in [-0.2, 0) is 14.3 Å². The normalized spacial score (nSPS) is 23.8. The van der Waals surface area contributed by atoms with Crippen molar-refractivity contribution in [2.75, 3.05) is 26.2 Å². The van der Waals surface area contributed by atoms with Crippen molar-refractivity contribution in [2.45, 2.75) is 58.1 Å². The van der Waals surface area contributed by atoms with E-state index < -0.39 is 6.10 Å². The number of nitrogens with zero attached hydrogens (tertiary/aromatic N) is 1. The van der Waals surface area contributed by atoms with Crippen molar-refractivity contribution >= 4 is 11.8 Å². The van der Waals surface area contributed by atoms with Crippen LogP contribution in [0.1, 0.15) is 46.0 Å². The molecule has 2 amide bonds. The van der Waals surface area contributed by atoms with Gasteiger partial charge in [-0.05, 0) is 50.1 Å². The fourth-order valence-electron chi connectivity index (χ4n) is 3.99. The first-order valence-electron chi connectivity index (χ1n) is 10.6. The number of hydrogen-bond donors (Lipinski definition) is 2. The third kappa shape index (κ3) is 5.55. The number of allylic oxidation sites excluding steroid dienone is 3. The van der Waals surface area contributed by atoms with Crippen molar-refractivity contribution < 1.29 is 14.3 Å². The standard InChI is InChI=1S/C22H33N3O3/c1-16(2)14-18(24-22(27)20-15-23-11-5-13-28-20)8-9-21(26)25-12-10-17-6-3-4-7-19(17)25/h3,6,8-9,16,18,20,23H,4-5,7,10-15H2,1-2H3,(H,24,27)/b9-8+/t18-,20+/m1/s1. The summed E-state index contributed by atoms with van der Waals surface area (Å²) in [5, 5.41) is 6.29. The van der Waals surface area contributed by atoms with Gasteiger partial charge < -0.3 is 20.3 Å². The summed E-state index contributed by atoms with van der Waals surface area (Å²) in [7, 11) is 0. The summed E-state index contributed by atoms with van der Waals surface area (Å²) in [6, 6.07) is -0.175. The predicted molar refractivity (Wildman–Crippen MR) is 109 cm³/mol. The molecule has 1 saturated heterocycles. The fourth-order valence-corrected chi connectivity index (χ4v) is 3.99. The number of ether oxygens (including phenoxy) is 1. The average molecular weight is 388 g/mol. The van der Waals surface area contributed by atoms with Gasteiger partial charge in [-0.1, -0.05) is 32.1 Å². The van der Waals surface area contributed by atoms with Gasteiger partial charge in [0, 0.05) is 37.5 Å². The Kier molecular flexibility index (Phi) is 7.45. The van der Waals surface area contributed by atoms with Crippen LogP contribution in [0.15, 0.2) is 35.6 Å². The maximum atomic E-state index is 12.8. The van der Waals surface area contributed by atoms with Gasteiger partial charge in [0.1, 0.15) is 6.10 Å². The Hall–Kier alpha value is -1.92. The van der Waals surface area contributed by atoms with Crippen LogP contribution in [0, 0.1) is 5.92 Å². The molecule has 0 saturated carbocycles. The zero-order chi connectivity index (χ0) is 19.9. The van der Waals surface area contributed by atoms with Crippen LogP contribution < -0.4 is 10.6 Å². The monoisotopic (exact) mass is 387 g/mol. The zero-order valence-corrected chi connectivity index (χ0v) is 17.1. The summed E-state index contributed by atoms with van der Waals surface area (Å²) >= 11 is 0. The highest BCUT2D eigenvalue weighted by atomic mass is 16.5. The lowest BCUT2D eigenvalue weighted by molar-refractivity contribution is -0.132. The molecule has 154 valence electrons. The van der Waals surface area contributed by atoms with Crippen LogP contribution in [0.4, 0.5) is 0 Å². The van der Waals surface area contributed by atoms with E-state index in [1.54, 1.807) is 6.08 Å². The van der Waals surface area contributed by atoms with Gasteiger partial charge in [-0.25, -0.2) is 0 Å². The summed E-state index contributed by atoms with van der Waals surface area (Å²) < 4.78 is 5.65. The molecule has 0 radical (unpaired) electrons. The van der Waals surface area contributed by atoms with Gasteiger partial charge in [-0.2, -0.15) is 0 Å². The molecule has 0 unspecified atom stereocenters. The molecule has 2 heterocycles. The molecule has 0 aromatic heterocycles. The molecule has 0 spiro atoms. The lowest BCUT2D eigenvalue weighted by Crippen LogP contribution is -2.45. The molecular weight excluding hydrogens is 354 g/mol. The second kappa shape index (κ2) is 10.0. The Labute approximate surface area is 168 Å². The molecule has 1 aliphatic carbocycles. The van der Waals surface area contributed by atoms with Crippen molar-refractivity contribution in [2.24, 2.45) is 5.92 Å². The Morgan fingerprint density at radius 1 is 1.39 bits per heavy atom. The summed E-state index contributed by atoms with van der Waals surface area (Å²) in [5.74, 6) is 0.305. The summed E-state index contributed by atoms with van der Waals surface area (Å²) in [4.78, 5) is 27.3. The van der Waals surface area contributed by atoms with Gasteiger partial charge in [-0.3, -0.25) is 9.59 Å². The van der Waals surface area contributed by atoms with E-state index in [0.29, 0.717) is 19.1 Å². The number of carbonyl (C=O) groups is 2. The Balaban J connectivity index is 1.61. The molecule has 3 aliphatic rings. The second-order valence-electron chi connectivity index (χ2n) is 8.17. The quantitative estimate of drug-likeness (QED) is 0.686. The number of rotatable bonds is 6. The molecule has 2 aliphatic heterocycles. The van der Waals surface area contributed by atoms with Gasteiger partial charge in [-0.15, -0.1) is 0 Å². The van der Waals surface area contributed by atoms with Crippen LogP contribution in [0.5, 0.6) is 0 Å². The van der Waals surface area contributed by atoms with Gasteiger partial charge >= 0.3 is 0 Å². The third-order valence-corrected chi connectivity index (χ3v) is 5.40. The van der Waals surface area contributed by atoms with Gasteiger partial charge in [0.05, 0.1) is 0 Å². The summed E-state index contributed by atoms with van der Waals surface area (Å²) in [6.07, 6.45) is 11.9. The first-order chi connectivity index (χ1) is 13.5. The molecule has 3 rings (SSSR count). The number of hydrogen-bond acceptors (Lipinski definition) is 4. The van der Waals surface area contributed by atoms with Crippen molar-refractivity contribution in [1.29, 1.82) is 0 Å². The van der Waals surface area contributed by atoms with Gasteiger partial charge in [0.15, 0.2) is 0 Å². The van der Waals surface area contributed by atoms with Crippen LogP contribution in [0.3, 0.4) is 0 Å². The Morgan fingerprint density at radius 2 is 2.25 bits per heavy atom. The minimum absolute atomic E-state index is 0.00990. The topological polar surface area (TPSA) is 70.7 Å². The molecular formula is C22H33N3O3. The zero-order valence-electron chi connectivity index (χ0n) is 17.1. The summed E-state index contributed by atoms with van der Waals surface area (Å²) in [6.45, 7) is 6.97. The highest BCUT2D eigenvalue weighted by molar-refractivity contribution is 5.90. The maximum Gasteiger partial charge on any atom is 0.250 e. The SMILES string of the molecule is CC(C)C[C@@H](/C=C/C(=O)N1CCC2=C1CCC=C2)NC(=O)[C@@H]1CNCCCO1. The molecule has 6 heteroatoms. The van der Waals surface area contributed by atoms with E-state index >= 15 is 0 Å². The van der Waals surface area contributed by atoms with Crippen molar-refractivity contribution in [3.05, 3.63) is 35.6 Å². The van der Waals surface area contributed by atoms with E-state index in [0.717, 1.165) is 45.2 Å². The number of amides is 2. The van der Waals surface area contributed by atoms with E-state index in [2.05, 4.69) is 36.6 Å². The largest absolute Gasteiger partial charge is 0.367 e. The number of nitrogens with one attached hydrogen (secondary N) is 2. The molecule has 28 heavy (non-hydrogen) atoms. The van der Waals surface area contributed by atoms with Crippen molar-refractivity contribution in [1.82, 2.24) is 15.5 Å². The second-order valence-corrected chi connectivity index (χ2v) is 8.17. The van der Waals surface area contributed by atoms with Crippen LogP contribution in [-0.4, -0.2) is 55.1 Å². The molecule has 6 nitrogen and oxygen atoms in total. The molecule has 1 fully saturated rings. The first-order valence-corrected chi connectivity index (χ1v) is 10.6. The third-order valence-electron chi connectivity index (χ3n) is 5.40. The Bertz CT molecular complexity index is 658. The lowest BCUT2D eigenvalue weighted by Gasteiger charge is -2.22. The van der Waals surface area contributed by atoms with E-state index in [1.165, 1.54) is 11.3 Å². The van der Waals surface area contributed by atoms with E-state index in [9.17, 15) is 9.59 Å². The molecule has 0 aromatic carbocycles. The summed E-state index contributed by atoms with van der Waals surface area (Å²) in [5.41, 5.74) is 2.46. The van der Waals surface area contributed by atoms with E-state index in [4.69, 9.17) is 4.74 Å². The fraction of sp³-hybridized carbons (Fsp3) is 0.636.